The molecule has 2 nitrogen and oxygen atoms in total. The smallest absolute Gasteiger partial charge is 0.0519 e. The van der Waals surface area contributed by atoms with E-state index >= 15 is 0 Å². The van der Waals surface area contributed by atoms with Crippen LogP contribution in [0, 0.1) is 0 Å². The maximum atomic E-state index is 5.51. The standard InChI is InChI=1S/C7H18N2/c1-4-5-6(2)9-7(3)8/h6-7,9H,4-5,8H2,1-3H3. The van der Waals surface area contributed by atoms with Gasteiger partial charge in [-0.1, -0.05) is 13.3 Å². The molecule has 0 aromatic carbocycles. The van der Waals surface area contributed by atoms with E-state index in [1.807, 2.05) is 6.92 Å². The van der Waals surface area contributed by atoms with Gasteiger partial charge >= 0.3 is 0 Å². The van der Waals surface area contributed by atoms with Crippen LogP contribution in [0.25, 0.3) is 0 Å². The fourth-order valence-electron chi connectivity index (χ4n) is 0.965. The van der Waals surface area contributed by atoms with Crippen molar-refractivity contribution in [2.45, 2.75) is 45.8 Å². The van der Waals surface area contributed by atoms with E-state index in [1.165, 1.54) is 12.8 Å². The number of nitrogens with one attached hydrogen (secondary N) is 1. The lowest BCUT2D eigenvalue weighted by molar-refractivity contribution is 0.451. The second-order valence-corrected chi connectivity index (χ2v) is 2.65. The molecule has 0 amide bonds. The molecular formula is C7H18N2. The molecule has 0 fully saturated rings. The van der Waals surface area contributed by atoms with Crippen LogP contribution in [0.5, 0.6) is 0 Å². The molecule has 2 atom stereocenters. The molecule has 0 aliphatic carbocycles. The summed E-state index contributed by atoms with van der Waals surface area (Å²) in [5, 5.41) is 3.22. The van der Waals surface area contributed by atoms with Gasteiger partial charge in [0.05, 0.1) is 6.17 Å². The lowest BCUT2D eigenvalue weighted by Gasteiger charge is -2.15. The number of hydrogen-bond donors (Lipinski definition) is 2. The Morgan fingerprint density at radius 1 is 1.44 bits per heavy atom. The van der Waals surface area contributed by atoms with Crippen LogP contribution in [0.2, 0.25) is 0 Å². The Labute approximate surface area is 57.8 Å². The predicted octanol–water partition coefficient (Wildman–Crippen LogP) is 1.07. The molecule has 0 spiro atoms. The van der Waals surface area contributed by atoms with Crippen molar-refractivity contribution in [2.24, 2.45) is 5.73 Å². The van der Waals surface area contributed by atoms with Crippen molar-refractivity contribution in [1.82, 2.24) is 5.32 Å². The average Bonchev–Trinajstić information content (AvgIpc) is 1.63. The van der Waals surface area contributed by atoms with Crippen molar-refractivity contribution < 1.29 is 0 Å². The summed E-state index contributed by atoms with van der Waals surface area (Å²) in [6, 6.07) is 0.565. The van der Waals surface area contributed by atoms with E-state index < -0.39 is 0 Å². The second kappa shape index (κ2) is 4.77. The Bertz CT molecular complexity index is 61.9. The normalized spacial score (nSPS) is 17.3. The topological polar surface area (TPSA) is 38.0 Å². The highest BCUT2D eigenvalue weighted by atomic mass is 15.0. The largest absolute Gasteiger partial charge is 0.316 e. The van der Waals surface area contributed by atoms with Gasteiger partial charge in [0, 0.05) is 6.04 Å². The van der Waals surface area contributed by atoms with E-state index in [0.29, 0.717) is 6.04 Å². The molecule has 56 valence electrons. The highest BCUT2D eigenvalue weighted by Gasteiger charge is 1.99. The van der Waals surface area contributed by atoms with Crippen LogP contribution < -0.4 is 11.1 Å². The number of nitrogens with two attached hydrogens (primary N) is 1. The SMILES string of the molecule is CCCC(C)NC(C)N. The summed E-state index contributed by atoms with van der Waals surface area (Å²) in [7, 11) is 0. The van der Waals surface area contributed by atoms with Crippen LogP contribution in [0.1, 0.15) is 33.6 Å². The molecule has 0 aromatic heterocycles. The number of rotatable bonds is 4. The van der Waals surface area contributed by atoms with Gasteiger partial charge in [-0.05, 0) is 20.3 Å². The zero-order valence-electron chi connectivity index (χ0n) is 6.65. The first kappa shape index (κ1) is 8.92. The average molecular weight is 130 g/mol. The molecule has 0 aliphatic rings. The molecule has 0 saturated heterocycles. The fraction of sp³-hybridized carbons (Fsp3) is 1.00. The van der Waals surface area contributed by atoms with E-state index in [2.05, 4.69) is 19.2 Å². The molecule has 9 heavy (non-hydrogen) atoms. The molecule has 0 saturated carbocycles. The first-order chi connectivity index (χ1) is 4.16. The zero-order valence-corrected chi connectivity index (χ0v) is 6.65. The van der Waals surface area contributed by atoms with Gasteiger partial charge < -0.3 is 5.73 Å². The molecule has 0 radical (unpaired) electrons. The number of hydrogen-bond acceptors (Lipinski definition) is 2. The van der Waals surface area contributed by atoms with Gasteiger partial charge in [-0.3, -0.25) is 5.32 Å². The fourth-order valence-corrected chi connectivity index (χ4v) is 0.965. The zero-order chi connectivity index (χ0) is 7.28. The predicted molar refractivity (Wildman–Crippen MR) is 41.2 cm³/mol. The monoisotopic (exact) mass is 130 g/mol. The molecular weight excluding hydrogens is 112 g/mol. The van der Waals surface area contributed by atoms with Crippen LogP contribution in [0.15, 0.2) is 0 Å². The lowest BCUT2D eigenvalue weighted by Crippen LogP contribution is -2.40. The summed E-state index contributed by atoms with van der Waals surface area (Å²) in [5.41, 5.74) is 5.51. The van der Waals surface area contributed by atoms with Crippen molar-refractivity contribution in [1.29, 1.82) is 0 Å². The van der Waals surface area contributed by atoms with E-state index in [1.54, 1.807) is 0 Å². The summed E-state index contributed by atoms with van der Waals surface area (Å²) in [4.78, 5) is 0. The van der Waals surface area contributed by atoms with E-state index in [9.17, 15) is 0 Å². The van der Waals surface area contributed by atoms with Crippen molar-refractivity contribution in [3.8, 4) is 0 Å². The third-order valence-corrected chi connectivity index (χ3v) is 1.27. The van der Waals surface area contributed by atoms with Gasteiger partial charge in [-0.2, -0.15) is 0 Å². The van der Waals surface area contributed by atoms with Gasteiger partial charge in [-0.15, -0.1) is 0 Å². The maximum Gasteiger partial charge on any atom is 0.0519 e. The maximum absolute atomic E-state index is 5.51. The molecule has 0 aliphatic heterocycles. The summed E-state index contributed by atoms with van der Waals surface area (Å²) < 4.78 is 0. The van der Waals surface area contributed by atoms with Gasteiger partial charge in [-0.25, -0.2) is 0 Å². The molecule has 0 bridgehead atoms. The van der Waals surface area contributed by atoms with Gasteiger partial charge in [0.2, 0.25) is 0 Å². The molecule has 0 rings (SSSR count). The van der Waals surface area contributed by atoms with E-state index in [-0.39, 0.29) is 6.17 Å². The summed E-state index contributed by atoms with van der Waals surface area (Å²) in [6.45, 7) is 6.30. The Morgan fingerprint density at radius 2 is 2.00 bits per heavy atom. The minimum absolute atomic E-state index is 0.131. The Kier molecular flexibility index (Phi) is 4.72. The molecule has 2 unspecified atom stereocenters. The first-order valence-electron chi connectivity index (χ1n) is 3.68. The van der Waals surface area contributed by atoms with Crippen molar-refractivity contribution >= 4 is 0 Å². The third kappa shape index (κ3) is 5.80. The van der Waals surface area contributed by atoms with Crippen LogP contribution in [-0.2, 0) is 0 Å². The molecule has 2 heteroatoms. The highest BCUT2D eigenvalue weighted by molar-refractivity contribution is 4.61. The Morgan fingerprint density at radius 3 is 2.33 bits per heavy atom. The molecule has 3 N–H and O–H groups in total. The van der Waals surface area contributed by atoms with Crippen LogP contribution in [-0.4, -0.2) is 12.2 Å². The quantitative estimate of drug-likeness (QED) is 0.559. The highest BCUT2D eigenvalue weighted by Crippen LogP contribution is 1.93. The van der Waals surface area contributed by atoms with Crippen LogP contribution in [0.4, 0.5) is 0 Å². The summed E-state index contributed by atoms with van der Waals surface area (Å²) >= 11 is 0. The minimum atomic E-state index is 0.131. The van der Waals surface area contributed by atoms with Gasteiger partial charge in [0.25, 0.3) is 0 Å². The first-order valence-corrected chi connectivity index (χ1v) is 3.68. The lowest BCUT2D eigenvalue weighted by atomic mass is 10.2. The van der Waals surface area contributed by atoms with Gasteiger partial charge in [0.1, 0.15) is 0 Å². The van der Waals surface area contributed by atoms with Crippen LogP contribution in [0.3, 0.4) is 0 Å². The van der Waals surface area contributed by atoms with Crippen molar-refractivity contribution in [2.75, 3.05) is 0 Å². The third-order valence-electron chi connectivity index (χ3n) is 1.27. The van der Waals surface area contributed by atoms with E-state index in [4.69, 9.17) is 5.73 Å². The molecule has 0 heterocycles. The van der Waals surface area contributed by atoms with Crippen molar-refractivity contribution in [3.05, 3.63) is 0 Å². The summed E-state index contributed by atoms with van der Waals surface area (Å²) in [6.07, 6.45) is 2.56. The summed E-state index contributed by atoms with van der Waals surface area (Å²) in [5.74, 6) is 0. The second-order valence-electron chi connectivity index (χ2n) is 2.65. The van der Waals surface area contributed by atoms with Gasteiger partial charge in [0.15, 0.2) is 0 Å². The minimum Gasteiger partial charge on any atom is -0.316 e. The Hall–Kier alpha value is -0.0800. The molecule has 0 aromatic rings. The van der Waals surface area contributed by atoms with Crippen LogP contribution >= 0.6 is 0 Å². The van der Waals surface area contributed by atoms with E-state index in [0.717, 1.165) is 0 Å². The Balaban J connectivity index is 3.15. The van der Waals surface area contributed by atoms with Crippen molar-refractivity contribution in [3.63, 3.8) is 0 Å².